The molecule has 1 amide bonds. The van der Waals surface area contributed by atoms with Gasteiger partial charge in [-0.1, -0.05) is 29.0 Å². The van der Waals surface area contributed by atoms with Crippen molar-refractivity contribution < 1.29 is 17.9 Å². The highest BCUT2D eigenvalue weighted by atomic mass is 35.5. The summed E-state index contributed by atoms with van der Waals surface area (Å²) in [4.78, 5) is 18.3. The third-order valence-electron chi connectivity index (χ3n) is 5.82. The number of ether oxygens (including phenoxy) is 1. The molecule has 1 saturated heterocycles. The lowest BCUT2D eigenvalue weighted by Crippen LogP contribution is -2.40. The molecule has 0 radical (unpaired) electrons. The van der Waals surface area contributed by atoms with E-state index >= 15 is 0 Å². The summed E-state index contributed by atoms with van der Waals surface area (Å²) in [6, 6.07) is 12.3. The normalized spacial score (nSPS) is 16.5. The van der Waals surface area contributed by atoms with Crippen molar-refractivity contribution in [2.24, 2.45) is 10.9 Å². The fourth-order valence-electron chi connectivity index (χ4n) is 3.95. The van der Waals surface area contributed by atoms with Crippen LogP contribution in [0.15, 0.2) is 52.4 Å². The average molecular weight is 508 g/mol. The molecule has 1 aliphatic rings. The average Bonchev–Trinajstić information content (AvgIpc) is 3.13. The zero-order chi connectivity index (χ0) is 23.6. The second-order valence-corrected chi connectivity index (χ2v) is 11.5. The number of hydrogen-bond donors (Lipinski definition) is 0. The van der Waals surface area contributed by atoms with Gasteiger partial charge in [-0.3, -0.25) is 4.79 Å². The number of hydrogen-bond acceptors (Lipinski definition) is 5. The Kier molecular flexibility index (Phi) is 7.35. The Morgan fingerprint density at radius 3 is 2.55 bits per heavy atom. The molecule has 0 N–H and O–H groups in total. The molecule has 2 aromatic carbocycles. The predicted molar refractivity (Wildman–Crippen MR) is 130 cm³/mol. The van der Waals surface area contributed by atoms with Crippen LogP contribution in [0.2, 0.25) is 5.02 Å². The number of benzene rings is 2. The quantitative estimate of drug-likeness (QED) is 0.507. The molecule has 1 aliphatic heterocycles. The Morgan fingerprint density at radius 2 is 1.88 bits per heavy atom. The fourth-order valence-corrected chi connectivity index (χ4v) is 6.70. The van der Waals surface area contributed by atoms with Crippen molar-refractivity contribution >= 4 is 49.1 Å². The summed E-state index contributed by atoms with van der Waals surface area (Å²) < 4.78 is 35.6. The minimum Gasteiger partial charge on any atom is -0.383 e. The summed E-state index contributed by atoms with van der Waals surface area (Å²) in [5.41, 5.74) is 2.17. The standard InChI is InChI=1S/C23H26ClN3O4S2/c1-16-3-8-20-21(15-16)32-23(27(20)13-14-31-2)25-22(28)17-9-11-26(12-10-17)33(29,30)19-6-4-18(24)5-7-19/h3-8,15,17H,9-14H2,1-2H3. The van der Waals surface area contributed by atoms with E-state index in [4.69, 9.17) is 16.3 Å². The highest BCUT2D eigenvalue weighted by Gasteiger charge is 2.32. The molecule has 0 atom stereocenters. The van der Waals surface area contributed by atoms with Gasteiger partial charge in [-0.05, 0) is 61.7 Å². The van der Waals surface area contributed by atoms with Gasteiger partial charge in [0.25, 0.3) is 5.91 Å². The highest BCUT2D eigenvalue weighted by Crippen LogP contribution is 2.26. The Balaban J connectivity index is 1.52. The molecule has 0 saturated carbocycles. The van der Waals surface area contributed by atoms with Gasteiger partial charge >= 0.3 is 0 Å². The summed E-state index contributed by atoms with van der Waals surface area (Å²) in [6.07, 6.45) is 0.883. The number of amides is 1. The molecular weight excluding hydrogens is 482 g/mol. The maximum absolute atomic E-state index is 13.0. The summed E-state index contributed by atoms with van der Waals surface area (Å²) in [6.45, 7) is 3.72. The van der Waals surface area contributed by atoms with Crippen molar-refractivity contribution in [3.05, 3.63) is 57.9 Å². The zero-order valence-electron chi connectivity index (χ0n) is 18.5. The van der Waals surface area contributed by atoms with Crippen LogP contribution in [0.3, 0.4) is 0 Å². The molecule has 176 valence electrons. The Hall–Kier alpha value is -2.04. The van der Waals surface area contributed by atoms with E-state index in [0.717, 1.165) is 15.8 Å². The summed E-state index contributed by atoms with van der Waals surface area (Å²) in [5, 5.41) is 0.485. The molecule has 0 unspecified atom stereocenters. The molecule has 1 aromatic heterocycles. The van der Waals surface area contributed by atoms with Crippen molar-refractivity contribution in [3.63, 3.8) is 0 Å². The second-order valence-electron chi connectivity index (χ2n) is 8.08. The Morgan fingerprint density at radius 1 is 1.18 bits per heavy atom. The smallest absolute Gasteiger partial charge is 0.251 e. The lowest BCUT2D eigenvalue weighted by Gasteiger charge is -2.29. The summed E-state index contributed by atoms with van der Waals surface area (Å²) in [7, 11) is -1.96. The molecule has 2 heterocycles. The maximum Gasteiger partial charge on any atom is 0.251 e. The van der Waals surface area contributed by atoms with E-state index < -0.39 is 10.0 Å². The van der Waals surface area contributed by atoms with Gasteiger partial charge in [-0.25, -0.2) is 8.42 Å². The molecule has 0 spiro atoms. The van der Waals surface area contributed by atoms with Gasteiger partial charge in [0, 0.05) is 37.7 Å². The van der Waals surface area contributed by atoms with E-state index in [0.29, 0.717) is 35.8 Å². The number of methoxy groups -OCH3 is 1. The Bertz CT molecular complexity index is 1320. The third-order valence-corrected chi connectivity index (χ3v) is 9.02. The van der Waals surface area contributed by atoms with Crippen LogP contribution in [0.1, 0.15) is 18.4 Å². The number of fused-ring (bicyclic) bond motifs is 1. The molecule has 10 heteroatoms. The van der Waals surface area contributed by atoms with Crippen LogP contribution in [0.5, 0.6) is 0 Å². The monoisotopic (exact) mass is 507 g/mol. The summed E-state index contributed by atoms with van der Waals surface area (Å²) >= 11 is 7.36. The molecule has 7 nitrogen and oxygen atoms in total. The van der Waals surface area contributed by atoms with E-state index in [1.165, 1.54) is 27.8 Å². The van der Waals surface area contributed by atoms with Crippen LogP contribution in [0.4, 0.5) is 0 Å². The van der Waals surface area contributed by atoms with Crippen molar-refractivity contribution in [2.45, 2.75) is 31.2 Å². The van der Waals surface area contributed by atoms with Gasteiger partial charge in [0.15, 0.2) is 4.80 Å². The number of aromatic nitrogens is 1. The van der Waals surface area contributed by atoms with Gasteiger partial charge in [-0.15, -0.1) is 0 Å². The largest absolute Gasteiger partial charge is 0.383 e. The van der Waals surface area contributed by atoms with Crippen molar-refractivity contribution in [3.8, 4) is 0 Å². The number of thiazole rings is 1. The van der Waals surface area contributed by atoms with E-state index in [1.54, 1.807) is 19.2 Å². The number of sulfonamides is 1. The van der Waals surface area contributed by atoms with Gasteiger partial charge in [0.05, 0.1) is 21.7 Å². The van der Waals surface area contributed by atoms with Gasteiger partial charge in [-0.2, -0.15) is 9.30 Å². The number of piperidine rings is 1. The number of carbonyl (C=O) groups excluding carboxylic acids is 1. The van der Waals surface area contributed by atoms with E-state index in [-0.39, 0.29) is 29.8 Å². The molecule has 3 aromatic rings. The van der Waals surface area contributed by atoms with Gasteiger partial charge in [0.1, 0.15) is 0 Å². The lowest BCUT2D eigenvalue weighted by atomic mass is 9.98. The molecular formula is C23H26ClN3O4S2. The van der Waals surface area contributed by atoms with Crippen molar-refractivity contribution in [2.75, 3.05) is 26.8 Å². The van der Waals surface area contributed by atoms with Crippen molar-refractivity contribution in [1.82, 2.24) is 8.87 Å². The first-order valence-corrected chi connectivity index (χ1v) is 13.4. The molecule has 0 bridgehead atoms. The van der Waals surface area contributed by atoms with Crippen LogP contribution >= 0.6 is 22.9 Å². The van der Waals surface area contributed by atoms with Gasteiger partial charge in [0.2, 0.25) is 10.0 Å². The SMILES string of the molecule is COCCn1c(=NC(=O)C2CCN(S(=O)(=O)c3ccc(Cl)cc3)CC2)sc2cc(C)ccc21. The molecule has 0 aliphatic carbocycles. The van der Waals surface area contributed by atoms with Gasteiger partial charge < -0.3 is 9.30 Å². The van der Waals surface area contributed by atoms with Crippen LogP contribution < -0.4 is 4.80 Å². The predicted octanol–water partition coefficient (Wildman–Crippen LogP) is 3.84. The first-order valence-electron chi connectivity index (χ1n) is 10.7. The number of aryl methyl sites for hydroxylation is 1. The fraction of sp³-hybridized carbons (Fsp3) is 0.391. The third kappa shape index (κ3) is 5.22. The second kappa shape index (κ2) is 10.1. The topological polar surface area (TPSA) is 81.0 Å². The highest BCUT2D eigenvalue weighted by molar-refractivity contribution is 7.89. The number of carbonyl (C=O) groups is 1. The van der Waals surface area contributed by atoms with E-state index in [2.05, 4.69) is 11.1 Å². The number of nitrogens with zero attached hydrogens (tertiary/aromatic N) is 3. The molecule has 33 heavy (non-hydrogen) atoms. The van der Waals surface area contributed by atoms with Crippen LogP contribution in [-0.4, -0.2) is 50.0 Å². The minimum atomic E-state index is -3.61. The number of rotatable bonds is 6. The first-order chi connectivity index (χ1) is 15.8. The number of halogens is 1. The van der Waals surface area contributed by atoms with Crippen molar-refractivity contribution in [1.29, 1.82) is 0 Å². The maximum atomic E-state index is 13.0. The van der Waals surface area contributed by atoms with E-state index in [1.807, 2.05) is 23.6 Å². The zero-order valence-corrected chi connectivity index (χ0v) is 20.9. The molecule has 1 fully saturated rings. The van der Waals surface area contributed by atoms with Crippen LogP contribution in [0.25, 0.3) is 10.2 Å². The van der Waals surface area contributed by atoms with Crippen LogP contribution in [0, 0.1) is 12.8 Å². The van der Waals surface area contributed by atoms with Crippen LogP contribution in [-0.2, 0) is 26.1 Å². The lowest BCUT2D eigenvalue weighted by molar-refractivity contribution is -0.122. The Labute approximate surface area is 202 Å². The molecule has 4 rings (SSSR count). The van der Waals surface area contributed by atoms with E-state index in [9.17, 15) is 13.2 Å². The first kappa shape index (κ1) is 24.1. The summed E-state index contributed by atoms with van der Waals surface area (Å²) in [5.74, 6) is -0.502. The minimum absolute atomic E-state index is 0.201.